The maximum absolute atomic E-state index is 13.4. The standard InChI is InChI=1S/C15H24FN3O/c1-14(2)4-6-15(20-3,7-5-14)13(19-17)11-8-12(16)10-18-9-11/h8-10,13,19H,4-7,17H2,1-3H3. The Hall–Kier alpha value is -1.04. The molecule has 4 nitrogen and oxygen atoms in total. The molecule has 0 spiro atoms. The third-order valence-electron chi connectivity index (χ3n) is 4.61. The van der Waals surface area contributed by atoms with Crippen LogP contribution in [0.1, 0.15) is 51.1 Å². The van der Waals surface area contributed by atoms with Crippen LogP contribution in [-0.2, 0) is 4.74 Å². The van der Waals surface area contributed by atoms with Crippen LogP contribution >= 0.6 is 0 Å². The van der Waals surface area contributed by atoms with Gasteiger partial charge in [0.05, 0.1) is 17.8 Å². The molecule has 2 rings (SSSR count). The second kappa shape index (κ2) is 5.76. The van der Waals surface area contributed by atoms with Crippen molar-refractivity contribution in [2.75, 3.05) is 7.11 Å². The van der Waals surface area contributed by atoms with Gasteiger partial charge in [-0.05, 0) is 42.7 Å². The summed E-state index contributed by atoms with van der Waals surface area (Å²) in [5, 5.41) is 0. The van der Waals surface area contributed by atoms with Crippen LogP contribution in [0.15, 0.2) is 18.5 Å². The third kappa shape index (κ3) is 3.00. The first kappa shape index (κ1) is 15.4. The Morgan fingerprint density at radius 1 is 1.30 bits per heavy atom. The minimum absolute atomic E-state index is 0.258. The number of aromatic nitrogens is 1. The predicted octanol–water partition coefficient (Wildman–Crippen LogP) is 2.71. The van der Waals surface area contributed by atoms with Gasteiger partial charge in [0.25, 0.3) is 0 Å². The highest BCUT2D eigenvalue weighted by Gasteiger charge is 2.44. The lowest BCUT2D eigenvalue weighted by Crippen LogP contribution is -2.51. The SMILES string of the molecule is COC1(C(NN)c2cncc(F)c2)CCC(C)(C)CC1. The van der Waals surface area contributed by atoms with Crippen molar-refractivity contribution in [1.82, 2.24) is 10.4 Å². The van der Waals surface area contributed by atoms with E-state index in [2.05, 4.69) is 24.3 Å². The topological polar surface area (TPSA) is 60.2 Å². The number of nitrogens with two attached hydrogens (primary N) is 1. The summed E-state index contributed by atoms with van der Waals surface area (Å²) in [6.45, 7) is 4.53. The minimum atomic E-state index is -0.403. The highest BCUT2D eigenvalue weighted by molar-refractivity contribution is 5.20. The first-order chi connectivity index (χ1) is 9.42. The lowest BCUT2D eigenvalue weighted by atomic mass is 9.67. The van der Waals surface area contributed by atoms with E-state index in [-0.39, 0.29) is 11.9 Å². The van der Waals surface area contributed by atoms with E-state index in [9.17, 15) is 4.39 Å². The largest absolute Gasteiger partial charge is 0.376 e. The van der Waals surface area contributed by atoms with Gasteiger partial charge in [-0.3, -0.25) is 16.3 Å². The normalized spacial score (nSPS) is 22.4. The molecule has 0 amide bonds. The van der Waals surface area contributed by atoms with Gasteiger partial charge in [-0.2, -0.15) is 0 Å². The lowest BCUT2D eigenvalue weighted by molar-refractivity contribution is -0.0878. The van der Waals surface area contributed by atoms with Gasteiger partial charge in [-0.25, -0.2) is 4.39 Å². The molecule has 112 valence electrons. The molecule has 0 saturated heterocycles. The number of nitrogens with zero attached hydrogens (tertiary/aromatic N) is 1. The molecule has 1 heterocycles. The second-order valence-corrected chi connectivity index (χ2v) is 6.47. The van der Waals surface area contributed by atoms with Crippen molar-refractivity contribution in [3.8, 4) is 0 Å². The highest BCUT2D eigenvalue weighted by atomic mass is 19.1. The molecule has 0 aliphatic heterocycles. The predicted molar refractivity (Wildman–Crippen MR) is 76.2 cm³/mol. The van der Waals surface area contributed by atoms with Crippen LogP contribution in [0.2, 0.25) is 0 Å². The van der Waals surface area contributed by atoms with Crippen molar-refractivity contribution in [3.05, 3.63) is 29.8 Å². The number of rotatable bonds is 4. The molecule has 1 aliphatic carbocycles. The Balaban J connectivity index is 2.29. The maximum Gasteiger partial charge on any atom is 0.141 e. The summed E-state index contributed by atoms with van der Waals surface area (Å²) in [7, 11) is 1.70. The molecule has 1 aliphatic rings. The van der Waals surface area contributed by atoms with Crippen molar-refractivity contribution in [3.63, 3.8) is 0 Å². The smallest absolute Gasteiger partial charge is 0.141 e. The van der Waals surface area contributed by atoms with Gasteiger partial charge in [0.1, 0.15) is 5.82 Å². The monoisotopic (exact) mass is 281 g/mol. The average Bonchev–Trinajstić information content (AvgIpc) is 2.42. The molecule has 5 heteroatoms. The summed E-state index contributed by atoms with van der Waals surface area (Å²) < 4.78 is 19.2. The number of hydrazine groups is 1. The lowest BCUT2D eigenvalue weighted by Gasteiger charge is -2.46. The molecule has 0 bridgehead atoms. The number of nitrogens with one attached hydrogen (secondary N) is 1. The van der Waals surface area contributed by atoms with Crippen molar-refractivity contribution in [1.29, 1.82) is 0 Å². The number of ether oxygens (including phenoxy) is 1. The van der Waals surface area contributed by atoms with E-state index < -0.39 is 5.60 Å². The molecule has 1 aromatic rings. The van der Waals surface area contributed by atoms with Gasteiger partial charge in [0, 0.05) is 13.3 Å². The molecule has 3 N–H and O–H groups in total. The van der Waals surface area contributed by atoms with Gasteiger partial charge in [0.2, 0.25) is 0 Å². The first-order valence-electron chi connectivity index (χ1n) is 7.04. The van der Waals surface area contributed by atoms with Gasteiger partial charge in [0.15, 0.2) is 0 Å². The Morgan fingerprint density at radius 2 is 1.95 bits per heavy atom. The number of hydrogen-bond acceptors (Lipinski definition) is 4. The van der Waals surface area contributed by atoms with Crippen LogP contribution in [0.5, 0.6) is 0 Å². The summed E-state index contributed by atoms with van der Waals surface area (Å²) in [5.41, 5.74) is 3.45. The number of methoxy groups -OCH3 is 1. The van der Waals surface area contributed by atoms with Crippen LogP contribution < -0.4 is 11.3 Å². The molecule has 1 fully saturated rings. The van der Waals surface area contributed by atoms with Gasteiger partial charge < -0.3 is 4.74 Å². The quantitative estimate of drug-likeness (QED) is 0.658. The fourth-order valence-electron chi connectivity index (χ4n) is 3.10. The van der Waals surface area contributed by atoms with E-state index in [0.29, 0.717) is 5.41 Å². The van der Waals surface area contributed by atoms with Crippen molar-refractivity contribution in [2.24, 2.45) is 11.3 Å². The third-order valence-corrected chi connectivity index (χ3v) is 4.61. The Morgan fingerprint density at radius 3 is 2.45 bits per heavy atom. The van der Waals surface area contributed by atoms with Gasteiger partial charge in [-0.1, -0.05) is 13.8 Å². The highest BCUT2D eigenvalue weighted by Crippen LogP contribution is 2.47. The minimum Gasteiger partial charge on any atom is -0.376 e. The first-order valence-corrected chi connectivity index (χ1v) is 7.04. The van der Waals surface area contributed by atoms with Crippen molar-refractivity contribution < 1.29 is 9.13 Å². The van der Waals surface area contributed by atoms with Gasteiger partial charge >= 0.3 is 0 Å². The zero-order chi connectivity index (χ0) is 14.8. The molecule has 1 aromatic heterocycles. The molecular weight excluding hydrogens is 257 g/mol. The van der Waals surface area contributed by atoms with Crippen LogP contribution in [-0.4, -0.2) is 17.7 Å². The van der Waals surface area contributed by atoms with Crippen LogP contribution in [0, 0.1) is 11.2 Å². The van der Waals surface area contributed by atoms with E-state index in [1.165, 1.54) is 12.3 Å². The summed E-state index contributed by atoms with van der Waals surface area (Å²) in [6, 6.07) is 1.21. The zero-order valence-corrected chi connectivity index (χ0v) is 12.4. The van der Waals surface area contributed by atoms with E-state index in [0.717, 1.165) is 31.2 Å². The fourth-order valence-corrected chi connectivity index (χ4v) is 3.10. The van der Waals surface area contributed by atoms with Crippen molar-refractivity contribution in [2.45, 2.75) is 51.2 Å². The van der Waals surface area contributed by atoms with E-state index >= 15 is 0 Å². The van der Waals surface area contributed by atoms with Crippen LogP contribution in [0.4, 0.5) is 4.39 Å². The Bertz CT molecular complexity index is 454. The van der Waals surface area contributed by atoms with Gasteiger partial charge in [-0.15, -0.1) is 0 Å². The van der Waals surface area contributed by atoms with Crippen LogP contribution in [0.3, 0.4) is 0 Å². The second-order valence-electron chi connectivity index (χ2n) is 6.47. The summed E-state index contributed by atoms with van der Waals surface area (Å²) in [5.74, 6) is 5.38. The molecule has 1 saturated carbocycles. The zero-order valence-electron chi connectivity index (χ0n) is 12.4. The number of hydrogen-bond donors (Lipinski definition) is 2. The number of halogens is 1. The molecule has 20 heavy (non-hydrogen) atoms. The maximum atomic E-state index is 13.4. The Labute approximate surface area is 119 Å². The summed E-state index contributed by atoms with van der Waals surface area (Å²) >= 11 is 0. The molecule has 0 radical (unpaired) electrons. The van der Waals surface area contributed by atoms with Crippen molar-refractivity contribution >= 4 is 0 Å². The molecule has 1 atom stereocenters. The molecule has 0 aromatic carbocycles. The van der Waals surface area contributed by atoms with E-state index in [1.54, 1.807) is 13.3 Å². The fraction of sp³-hybridized carbons (Fsp3) is 0.667. The summed E-state index contributed by atoms with van der Waals surface area (Å²) in [6.07, 6.45) is 6.74. The molecular formula is C15H24FN3O. The molecule has 1 unspecified atom stereocenters. The Kier molecular flexibility index (Phi) is 4.42. The summed E-state index contributed by atoms with van der Waals surface area (Å²) in [4.78, 5) is 3.92. The van der Waals surface area contributed by atoms with Crippen LogP contribution in [0.25, 0.3) is 0 Å². The van der Waals surface area contributed by atoms with E-state index in [1.807, 2.05) is 0 Å². The average molecular weight is 281 g/mol. The number of pyridine rings is 1. The van der Waals surface area contributed by atoms with E-state index in [4.69, 9.17) is 10.6 Å².